The molecule has 1 heterocycles. The van der Waals surface area contributed by atoms with E-state index in [1.165, 1.54) is 12.1 Å². The summed E-state index contributed by atoms with van der Waals surface area (Å²) in [4.78, 5) is 24.0. The Morgan fingerprint density at radius 1 is 1.36 bits per heavy atom. The van der Waals surface area contributed by atoms with Crippen molar-refractivity contribution in [1.29, 1.82) is 0 Å². The minimum Gasteiger partial charge on any atom is -0.502 e. The Kier molecular flexibility index (Phi) is 5.66. The monoisotopic (exact) mass is 348 g/mol. The number of phenols is 1. The van der Waals surface area contributed by atoms with Gasteiger partial charge < -0.3 is 14.7 Å². The normalized spacial score (nSPS) is 16.2. The van der Waals surface area contributed by atoms with Crippen LogP contribution in [-0.2, 0) is 4.74 Å². The third-order valence-corrected chi connectivity index (χ3v) is 3.95. The van der Waals surface area contributed by atoms with Crippen LogP contribution in [-0.4, -0.2) is 39.7 Å². The molecule has 1 aliphatic rings. The highest BCUT2D eigenvalue weighted by atomic mass is 16.6. The fourth-order valence-corrected chi connectivity index (χ4v) is 2.64. The van der Waals surface area contributed by atoms with E-state index in [0.717, 1.165) is 12.8 Å². The summed E-state index contributed by atoms with van der Waals surface area (Å²) < 4.78 is 5.37. The topological polar surface area (TPSA) is 92.9 Å². The van der Waals surface area contributed by atoms with Gasteiger partial charge in [0.15, 0.2) is 5.75 Å². The van der Waals surface area contributed by atoms with Crippen LogP contribution in [0.5, 0.6) is 5.75 Å². The number of nitrogens with zero attached hydrogens (tertiary/aromatic N) is 2. The molecule has 1 aromatic rings. The molecule has 2 rings (SSSR count). The van der Waals surface area contributed by atoms with Crippen molar-refractivity contribution in [3.05, 3.63) is 40.0 Å². The van der Waals surface area contributed by atoms with E-state index in [0.29, 0.717) is 24.6 Å². The van der Waals surface area contributed by atoms with Gasteiger partial charge >= 0.3 is 11.8 Å². The number of rotatable bonds is 3. The number of piperidine rings is 1. The summed E-state index contributed by atoms with van der Waals surface area (Å²) in [6, 6.07) is 4.30. The Balaban J connectivity index is 1.92. The Bertz CT molecular complexity index is 671. The van der Waals surface area contributed by atoms with Crippen LogP contribution in [0.15, 0.2) is 24.3 Å². The summed E-state index contributed by atoms with van der Waals surface area (Å²) in [6.07, 6.45) is 5.17. The van der Waals surface area contributed by atoms with E-state index < -0.39 is 10.5 Å². The van der Waals surface area contributed by atoms with E-state index in [1.54, 1.807) is 11.0 Å². The van der Waals surface area contributed by atoms with Gasteiger partial charge in [-0.05, 0) is 51.2 Å². The molecule has 0 radical (unpaired) electrons. The molecule has 1 N–H and O–H groups in total. The van der Waals surface area contributed by atoms with E-state index in [2.05, 4.69) is 0 Å². The predicted molar refractivity (Wildman–Crippen MR) is 94.3 cm³/mol. The first-order valence-corrected chi connectivity index (χ1v) is 8.29. The van der Waals surface area contributed by atoms with Crippen LogP contribution in [0.3, 0.4) is 0 Å². The number of nitro groups is 1. The molecule has 0 bridgehead atoms. The van der Waals surface area contributed by atoms with Gasteiger partial charge in [-0.15, -0.1) is 0 Å². The van der Waals surface area contributed by atoms with Crippen LogP contribution >= 0.6 is 0 Å². The second kappa shape index (κ2) is 7.55. The van der Waals surface area contributed by atoms with Crippen LogP contribution < -0.4 is 0 Å². The number of likely N-dealkylation sites (tertiary alicyclic amines) is 1. The number of phenolic OH excluding ortho intramolecular Hbond substituents is 1. The smallest absolute Gasteiger partial charge is 0.410 e. The van der Waals surface area contributed by atoms with Gasteiger partial charge in [-0.2, -0.15) is 0 Å². The minimum absolute atomic E-state index is 0.288. The van der Waals surface area contributed by atoms with Crippen LogP contribution in [0, 0.1) is 16.0 Å². The Labute approximate surface area is 147 Å². The van der Waals surface area contributed by atoms with E-state index in [-0.39, 0.29) is 17.5 Å². The first-order chi connectivity index (χ1) is 11.7. The van der Waals surface area contributed by atoms with Gasteiger partial charge in [-0.1, -0.05) is 18.2 Å². The van der Waals surface area contributed by atoms with Crippen molar-refractivity contribution in [3.63, 3.8) is 0 Å². The summed E-state index contributed by atoms with van der Waals surface area (Å²) in [5.41, 5.74) is -0.137. The lowest BCUT2D eigenvalue weighted by Gasteiger charge is -2.32. The summed E-state index contributed by atoms with van der Waals surface area (Å²) in [5.74, 6) is -0.0423. The molecule has 0 aliphatic carbocycles. The molecular weight excluding hydrogens is 324 g/mol. The zero-order valence-corrected chi connectivity index (χ0v) is 14.8. The zero-order valence-electron chi connectivity index (χ0n) is 14.8. The Hall–Kier alpha value is -2.57. The highest BCUT2D eigenvalue weighted by Crippen LogP contribution is 2.28. The van der Waals surface area contributed by atoms with Gasteiger partial charge in [-0.25, -0.2) is 4.79 Å². The molecule has 1 saturated heterocycles. The standard InChI is InChI=1S/C18H24N2O5/c1-18(2,3)25-17(22)19-10-8-13(9-11-19)4-5-14-6-7-16(21)15(12-14)20(23)24/h4-7,12-13,21H,8-11H2,1-3H3. The molecule has 0 aromatic heterocycles. The van der Waals surface area contributed by atoms with E-state index in [9.17, 15) is 20.0 Å². The van der Waals surface area contributed by atoms with Crippen molar-refractivity contribution in [2.24, 2.45) is 5.92 Å². The maximum absolute atomic E-state index is 12.0. The summed E-state index contributed by atoms with van der Waals surface area (Å²) in [5, 5.41) is 20.3. The number of hydrogen-bond acceptors (Lipinski definition) is 5. The molecule has 1 aromatic carbocycles. The number of allylic oxidation sites excluding steroid dienone is 1. The average Bonchev–Trinajstić information content (AvgIpc) is 2.52. The Morgan fingerprint density at radius 3 is 2.56 bits per heavy atom. The van der Waals surface area contributed by atoms with Crippen molar-refractivity contribution < 1.29 is 19.6 Å². The number of carbonyl (C=O) groups is 1. The molecule has 1 aliphatic heterocycles. The lowest BCUT2D eigenvalue weighted by molar-refractivity contribution is -0.385. The van der Waals surface area contributed by atoms with Gasteiger partial charge in [0.25, 0.3) is 0 Å². The molecule has 7 nitrogen and oxygen atoms in total. The lowest BCUT2D eigenvalue weighted by Crippen LogP contribution is -2.41. The molecule has 136 valence electrons. The van der Waals surface area contributed by atoms with E-state index >= 15 is 0 Å². The molecule has 1 fully saturated rings. The minimum atomic E-state index is -0.605. The summed E-state index contributed by atoms with van der Waals surface area (Å²) in [7, 11) is 0. The molecule has 1 amide bonds. The van der Waals surface area contributed by atoms with Crippen molar-refractivity contribution in [1.82, 2.24) is 4.90 Å². The van der Waals surface area contributed by atoms with Crippen molar-refractivity contribution >= 4 is 17.9 Å². The molecule has 0 saturated carbocycles. The molecule has 0 spiro atoms. The fraction of sp³-hybridized carbons (Fsp3) is 0.500. The molecule has 0 atom stereocenters. The van der Waals surface area contributed by atoms with Crippen molar-refractivity contribution in [2.45, 2.75) is 39.2 Å². The average molecular weight is 348 g/mol. The predicted octanol–water partition coefficient (Wildman–Crippen LogP) is 3.96. The highest BCUT2D eigenvalue weighted by Gasteiger charge is 2.25. The lowest BCUT2D eigenvalue weighted by atomic mass is 9.96. The maximum Gasteiger partial charge on any atom is 0.410 e. The zero-order chi connectivity index (χ0) is 18.6. The molecule has 7 heteroatoms. The van der Waals surface area contributed by atoms with Crippen LogP contribution in [0.4, 0.5) is 10.5 Å². The van der Waals surface area contributed by atoms with Gasteiger partial charge in [-0.3, -0.25) is 10.1 Å². The Morgan fingerprint density at radius 2 is 2.00 bits per heavy atom. The number of carbonyl (C=O) groups excluding carboxylic acids is 1. The second-order valence-corrected chi connectivity index (χ2v) is 7.17. The molecule has 0 unspecified atom stereocenters. The second-order valence-electron chi connectivity index (χ2n) is 7.17. The summed E-state index contributed by atoms with van der Waals surface area (Å²) in [6.45, 7) is 6.78. The van der Waals surface area contributed by atoms with E-state index in [1.807, 2.05) is 32.9 Å². The van der Waals surface area contributed by atoms with Crippen LogP contribution in [0.1, 0.15) is 39.2 Å². The quantitative estimate of drug-likeness (QED) is 0.659. The number of ether oxygens (including phenoxy) is 1. The highest BCUT2D eigenvalue weighted by molar-refractivity contribution is 5.68. The van der Waals surface area contributed by atoms with Gasteiger partial charge in [0.05, 0.1) is 4.92 Å². The maximum atomic E-state index is 12.0. The fourth-order valence-electron chi connectivity index (χ4n) is 2.64. The first kappa shape index (κ1) is 18.8. The van der Waals surface area contributed by atoms with Crippen molar-refractivity contribution in [2.75, 3.05) is 13.1 Å². The third-order valence-electron chi connectivity index (χ3n) is 3.95. The number of hydrogen-bond donors (Lipinski definition) is 1. The third kappa shape index (κ3) is 5.48. The number of nitro benzene ring substituents is 1. The molecular formula is C18H24N2O5. The first-order valence-electron chi connectivity index (χ1n) is 8.29. The van der Waals surface area contributed by atoms with Gasteiger partial charge in [0, 0.05) is 19.2 Å². The van der Waals surface area contributed by atoms with Gasteiger partial charge in [0.2, 0.25) is 0 Å². The van der Waals surface area contributed by atoms with E-state index in [4.69, 9.17) is 4.74 Å². The molecule has 25 heavy (non-hydrogen) atoms. The van der Waals surface area contributed by atoms with Gasteiger partial charge in [0.1, 0.15) is 5.60 Å². The number of benzene rings is 1. The van der Waals surface area contributed by atoms with Crippen LogP contribution in [0.2, 0.25) is 0 Å². The summed E-state index contributed by atoms with van der Waals surface area (Å²) >= 11 is 0. The van der Waals surface area contributed by atoms with Crippen LogP contribution in [0.25, 0.3) is 6.08 Å². The largest absolute Gasteiger partial charge is 0.502 e. The number of amides is 1. The van der Waals surface area contributed by atoms with Crippen molar-refractivity contribution in [3.8, 4) is 5.75 Å². The SMILES string of the molecule is CC(C)(C)OC(=O)N1CCC(C=Cc2ccc(O)c([N+](=O)[O-])c2)CC1. The number of aromatic hydroxyl groups is 1.